The Morgan fingerprint density at radius 1 is 1.22 bits per heavy atom. The molecule has 0 saturated carbocycles. The van der Waals surface area contributed by atoms with Crippen LogP contribution in [0.1, 0.15) is 19.3 Å². The molecule has 0 unspecified atom stereocenters. The van der Waals surface area contributed by atoms with Crippen molar-refractivity contribution in [2.75, 3.05) is 58.4 Å². The first-order valence-electron chi connectivity index (χ1n) is 8.45. The van der Waals surface area contributed by atoms with Gasteiger partial charge in [-0.05, 0) is 31.4 Å². The van der Waals surface area contributed by atoms with E-state index in [0.29, 0.717) is 0 Å². The fourth-order valence-electron chi connectivity index (χ4n) is 2.77. The van der Waals surface area contributed by atoms with Crippen molar-refractivity contribution in [2.45, 2.75) is 19.3 Å². The molecule has 0 atom stereocenters. The molecular weight excluding hydrogens is 290 g/mol. The molecule has 1 aliphatic heterocycles. The van der Waals surface area contributed by atoms with Gasteiger partial charge in [-0.1, -0.05) is 6.07 Å². The van der Waals surface area contributed by atoms with Crippen molar-refractivity contribution < 1.29 is 4.74 Å². The lowest BCUT2D eigenvalue weighted by Crippen LogP contribution is -2.52. The lowest BCUT2D eigenvalue weighted by atomic mass is 10.2. The van der Waals surface area contributed by atoms with Crippen LogP contribution in [0.4, 0.5) is 5.82 Å². The molecule has 23 heavy (non-hydrogen) atoms. The van der Waals surface area contributed by atoms with E-state index >= 15 is 0 Å². The molecule has 6 nitrogen and oxygen atoms in total. The Kier molecular flexibility index (Phi) is 7.66. The minimum Gasteiger partial charge on any atom is -0.385 e. The van der Waals surface area contributed by atoms with E-state index in [1.54, 1.807) is 7.11 Å². The zero-order valence-electron chi connectivity index (χ0n) is 14.4. The van der Waals surface area contributed by atoms with Crippen LogP contribution in [0.5, 0.6) is 0 Å². The lowest BCUT2D eigenvalue weighted by molar-refractivity contribution is 0.192. The summed E-state index contributed by atoms with van der Waals surface area (Å²) in [6.45, 7) is 5.72. The summed E-state index contributed by atoms with van der Waals surface area (Å²) in [4.78, 5) is 13.5. The van der Waals surface area contributed by atoms with E-state index in [2.05, 4.69) is 31.2 Å². The summed E-state index contributed by atoms with van der Waals surface area (Å²) in [5.74, 6) is 2.07. The quantitative estimate of drug-likeness (QED) is 0.470. The molecule has 1 N–H and O–H groups in total. The number of hydrogen-bond donors (Lipinski definition) is 1. The van der Waals surface area contributed by atoms with Crippen molar-refractivity contribution in [3.05, 3.63) is 24.4 Å². The van der Waals surface area contributed by atoms with Crippen LogP contribution in [-0.4, -0.2) is 69.3 Å². The molecule has 6 heteroatoms. The number of aromatic nitrogens is 1. The summed E-state index contributed by atoms with van der Waals surface area (Å²) in [7, 11) is 3.61. The van der Waals surface area contributed by atoms with Gasteiger partial charge in [0.1, 0.15) is 5.82 Å². The SMILES string of the molecule is CN=C(NCCCCCOC)N1CCN(c2ccccn2)CC1. The second kappa shape index (κ2) is 10.0. The maximum absolute atomic E-state index is 5.07. The maximum Gasteiger partial charge on any atom is 0.193 e. The van der Waals surface area contributed by atoms with Crippen LogP contribution in [0.3, 0.4) is 0 Å². The number of anilines is 1. The zero-order chi connectivity index (χ0) is 16.3. The summed E-state index contributed by atoms with van der Waals surface area (Å²) in [5, 5.41) is 3.47. The fraction of sp³-hybridized carbons (Fsp3) is 0.647. The number of piperazine rings is 1. The third-order valence-electron chi connectivity index (χ3n) is 4.07. The van der Waals surface area contributed by atoms with Gasteiger partial charge in [0.2, 0.25) is 0 Å². The molecule has 1 aromatic heterocycles. The Labute approximate surface area is 139 Å². The molecule has 0 radical (unpaired) electrons. The van der Waals surface area contributed by atoms with Gasteiger partial charge in [-0.3, -0.25) is 4.99 Å². The summed E-state index contributed by atoms with van der Waals surface area (Å²) < 4.78 is 5.07. The molecule has 0 bridgehead atoms. The number of methoxy groups -OCH3 is 1. The van der Waals surface area contributed by atoms with E-state index in [4.69, 9.17) is 4.74 Å². The van der Waals surface area contributed by atoms with Crippen molar-refractivity contribution in [3.63, 3.8) is 0 Å². The highest BCUT2D eigenvalue weighted by molar-refractivity contribution is 5.80. The van der Waals surface area contributed by atoms with E-state index in [9.17, 15) is 0 Å². The van der Waals surface area contributed by atoms with Crippen molar-refractivity contribution in [2.24, 2.45) is 4.99 Å². The van der Waals surface area contributed by atoms with Crippen molar-refractivity contribution in [3.8, 4) is 0 Å². The maximum atomic E-state index is 5.07. The van der Waals surface area contributed by atoms with Gasteiger partial charge in [0, 0.05) is 59.7 Å². The van der Waals surface area contributed by atoms with E-state index < -0.39 is 0 Å². The number of pyridine rings is 1. The number of ether oxygens (including phenoxy) is 1. The zero-order valence-corrected chi connectivity index (χ0v) is 14.4. The second-order valence-corrected chi connectivity index (χ2v) is 5.69. The molecule has 0 spiro atoms. The second-order valence-electron chi connectivity index (χ2n) is 5.69. The molecule has 0 aliphatic carbocycles. The van der Waals surface area contributed by atoms with Gasteiger partial charge in [0.25, 0.3) is 0 Å². The molecule has 1 fully saturated rings. The molecule has 1 saturated heterocycles. The van der Waals surface area contributed by atoms with E-state index in [1.807, 2.05) is 25.4 Å². The van der Waals surface area contributed by atoms with Gasteiger partial charge in [-0.15, -0.1) is 0 Å². The van der Waals surface area contributed by atoms with Gasteiger partial charge >= 0.3 is 0 Å². The Balaban J connectivity index is 1.70. The predicted molar refractivity (Wildman–Crippen MR) is 95.1 cm³/mol. The molecule has 2 rings (SSSR count). The van der Waals surface area contributed by atoms with Gasteiger partial charge < -0.3 is 19.9 Å². The minimum atomic E-state index is 0.851. The minimum absolute atomic E-state index is 0.851. The average molecular weight is 319 g/mol. The van der Waals surface area contributed by atoms with Crippen molar-refractivity contribution in [1.82, 2.24) is 15.2 Å². The number of aliphatic imine (C=N–C) groups is 1. The van der Waals surface area contributed by atoms with Crippen molar-refractivity contribution in [1.29, 1.82) is 0 Å². The predicted octanol–water partition coefficient (Wildman–Crippen LogP) is 1.60. The molecule has 1 aromatic rings. The van der Waals surface area contributed by atoms with Gasteiger partial charge in [-0.2, -0.15) is 0 Å². The number of nitrogens with zero attached hydrogens (tertiary/aromatic N) is 4. The number of rotatable bonds is 7. The van der Waals surface area contributed by atoms with Crippen LogP contribution >= 0.6 is 0 Å². The molecule has 128 valence electrons. The summed E-state index contributed by atoms with van der Waals surface area (Å²) in [5.41, 5.74) is 0. The van der Waals surface area contributed by atoms with Gasteiger partial charge in [0.15, 0.2) is 5.96 Å². The smallest absolute Gasteiger partial charge is 0.193 e. The van der Waals surface area contributed by atoms with E-state index in [1.165, 1.54) is 6.42 Å². The number of guanidine groups is 1. The fourth-order valence-corrected chi connectivity index (χ4v) is 2.77. The van der Waals surface area contributed by atoms with E-state index in [-0.39, 0.29) is 0 Å². The topological polar surface area (TPSA) is 53.0 Å². The molecule has 0 aromatic carbocycles. The van der Waals surface area contributed by atoms with Crippen molar-refractivity contribution >= 4 is 11.8 Å². The first kappa shape index (κ1) is 17.5. The Morgan fingerprint density at radius 2 is 2.04 bits per heavy atom. The van der Waals surface area contributed by atoms with Gasteiger partial charge in [-0.25, -0.2) is 4.98 Å². The Bertz CT molecular complexity index is 457. The summed E-state index contributed by atoms with van der Waals surface area (Å²) in [6, 6.07) is 6.07. The highest BCUT2D eigenvalue weighted by atomic mass is 16.5. The van der Waals surface area contributed by atoms with E-state index in [0.717, 1.165) is 63.9 Å². The number of unbranched alkanes of at least 4 members (excludes halogenated alkanes) is 2. The van der Waals surface area contributed by atoms with Gasteiger partial charge in [0.05, 0.1) is 0 Å². The third-order valence-corrected chi connectivity index (χ3v) is 4.07. The monoisotopic (exact) mass is 319 g/mol. The first-order valence-corrected chi connectivity index (χ1v) is 8.45. The molecule has 1 aliphatic rings. The number of hydrogen-bond acceptors (Lipinski definition) is 4. The molecule has 0 amide bonds. The van der Waals surface area contributed by atoms with Crippen LogP contribution in [0, 0.1) is 0 Å². The van der Waals surface area contributed by atoms with Crippen LogP contribution in [0.25, 0.3) is 0 Å². The van der Waals surface area contributed by atoms with Crippen LogP contribution < -0.4 is 10.2 Å². The first-order chi connectivity index (χ1) is 11.3. The normalized spacial score (nSPS) is 15.8. The average Bonchev–Trinajstić information content (AvgIpc) is 2.62. The van der Waals surface area contributed by atoms with Crippen LogP contribution in [-0.2, 0) is 4.74 Å². The number of nitrogens with one attached hydrogen (secondary N) is 1. The Morgan fingerprint density at radius 3 is 2.70 bits per heavy atom. The largest absolute Gasteiger partial charge is 0.385 e. The summed E-state index contributed by atoms with van der Waals surface area (Å²) >= 11 is 0. The molecular formula is C17H29N5O. The van der Waals surface area contributed by atoms with Crippen LogP contribution in [0.2, 0.25) is 0 Å². The third kappa shape index (κ3) is 5.71. The summed E-state index contributed by atoms with van der Waals surface area (Å²) in [6.07, 6.45) is 5.31. The molecule has 2 heterocycles. The highest BCUT2D eigenvalue weighted by Gasteiger charge is 2.19. The lowest BCUT2D eigenvalue weighted by Gasteiger charge is -2.37. The standard InChI is InChI=1S/C17H29N5O/c1-18-17(20-10-5-3-7-15-23-2)22-13-11-21(12-14-22)16-8-4-6-9-19-16/h4,6,8-9H,3,5,7,10-15H2,1-2H3,(H,18,20). The van der Waals surface area contributed by atoms with Crippen LogP contribution in [0.15, 0.2) is 29.4 Å². The Hall–Kier alpha value is -1.82. The highest BCUT2D eigenvalue weighted by Crippen LogP contribution is 2.12.